The first-order valence-electron chi connectivity index (χ1n) is 6.81. The predicted octanol–water partition coefficient (Wildman–Crippen LogP) is -0.107. The molecule has 0 saturated carbocycles. The van der Waals surface area contributed by atoms with Crippen molar-refractivity contribution >= 4 is 0 Å². The molecule has 7 nitrogen and oxygen atoms in total. The Kier molecular flexibility index (Phi) is 5.26. The molecular formula is C15H18N2O5. The van der Waals surface area contributed by atoms with Crippen LogP contribution < -0.4 is 11.2 Å². The van der Waals surface area contributed by atoms with Crippen LogP contribution in [-0.4, -0.2) is 33.0 Å². The second-order valence-corrected chi connectivity index (χ2v) is 4.77. The van der Waals surface area contributed by atoms with Gasteiger partial charge in [0.25, 0.3) is 5.56 Å². The summed E-state index contributed by atoms with van der Waals surface area (Å²) in [6.07, 6.45) is -1.13. The normalized spacial score (nSPS) is 12.3. The third-order valence-electron chi connectivity index (χ3n) is 3.31. The fourth-order valence-electron chi connectivity index (χ4n) is 2.18. The lowest BCUT2D eigenvalue weighted by atomic mass is 10.0. The van der Waals surface area contributed by atoms with Crippen LogP contribution in [0.2, 0.25) is 0 Å². The smallest absolute Gasteiger partial charge is 0.330 e. The fourth-order valence-corrected chi connectivity index (χ4v) is 2.18. The maximum absolute atomic E-state index is 12.0. The molecule has 3 N–H and O–H groups in total. The van der Waals surface area contributed by atoms with Crippen LogP contribution in [0.3, 0.4) is 0 Å². The number of H-pyrrole nitrogens is 1. The number of ether oxygens (including phenoxy) is 1. The number of hydrogen-bond donors (Lipinski definition) is 3. The average Bonchev–Trinajstić information content (AvgIpc) is 2.53. The summed E-state index contributed by atoms with van der Waals surface area (Å²) >= 11 is 0. The zero-order valence-electron chi connectivity index (χ0n) is 12.2. The van der Waals surface area contributed by atoms with Gasteiger partial charge in [-0.2, -0.15) is 0 Å². The number of aromatic amines is 1. The molecule has 118 valence electrons. The van der Waals surface area contributed by atoms with Gasteiger partial charge in [0.2, 0.25) is 0 Å². The first-order valence-corrected chi connectivity index (χ1v) is 6.81. The van der Waals surface area contributed by atoms with Gasteiger partial charge in [0.1, 0.15) is 12.8 Å². The van der Waals surface area contributed by atoms with Crippen LogP contribution in [0.15, 0.2) is 39.9 Å². The SMILES string of the molecule is Cc1c(C(O)c2ccccc2)n(COCCO)c(=O)[nH]c1=O. The van der Waals surface area contributed by atoms with Gasteiger partial charge in [-0.05, 0) is 12.5 Å². The molecule has 2 aromatic rings. The summed E-state index contributed by atoms with van der Waals surface area (Å²) in [6, 6.07) is 8.72. The minimum Gasteiger partial charge on any atom is -0.394 e. The van der Waals surface area contributed by atoms with Crippen molar-refractivity contribution in [2.75, 3.05) is 13.2 Å². The number of aliphatic hydroxyl groups excluding tert-OH is 2. The lowest BCUT2D eigenvalue weighted by Gasteiger charge is -2.19. The van der Waals surface area contributed by atoms with Crippen molar-refractivity contribution in [3.05, 3.63) is 68.0 Å². The summed E-state index contributed by atoms with van der Waals surface area (Å²) in [7, 11) is 0. The molecule has 0 aliphatic rings. The van der Waals surface area contributed by atoms with Crippen molar-refractivity contribution in [2.24, 2.45) is 0 Å². The van der Waals surface area contributed by atoms with E-state index >= 15 is 0 Å². The molecule has 0 spiro atoms. The average molecular weight is 306 g/mol. The second-order valence-electron chi connectivity index (χ2n) is 4.77. The van der Waals surface area contributed by atoms with Crippen molar-refractivity contribution < 1.29 is 14.9 Å². The summed E-state index contributed by atoms with van der Waals surface area (Å²) in [4.78, 5) is 26.0. The van der Waals surface area contributed by atoms with E-state index in [2.05, 4.69) is 4.98 Å². The summed E-state index contributed by atoms with van der Waals surface area (Å²) in [5.74, 6) is 0. The highest BCUT2D eigenvalue weighted by Crippen LogP contribution is 2.22. The van der Waals surface area contributed by atoms with Crippen LogP contribution in [0, 0.1) is 6.92 Å². The van der Waals surface area contributed by atoms with E-state index in [0.29, 0.717) is 5.56 Å². The van der Waals surface area contributed by atoms with E-state index in [4.69, 9.17) is 9.84 Å². The topological polar surface area (TPSA) is 105 Å². The molecule has 0 saturated heterocycles. The van der Waals surface area contributed by atoms with Gasteiger partial charge in [-0.3, -0.25) is 14.3 Å². The van der Waals surface area contributed by atoms with Crippen molar-refractivity contribution in [2.45, 2.75) is 19.8 Å². The number of rotatable bonds is 6. The van der Waals surface area contributed by atoms with Crippen LogP contribution in [-0.2, 0) is 11.5 Å². The Morgan fingerprint density at radius 2 is 1.95 bits per heavy atom. The monoisotopic (exact) mass is 306 g/mol. The van der Waals surface area contributed by atoms with E-state index in [1.807, 2.05) is 0 Å². The Morgan fingerprint density at radius 1 is 1.27 bits per heavy atom. The van der Waals surface area contributed by atoms with Gasteiger partial charge < -0.3 is 14.9 Å². The third kappa shape index (κ3) is 3.33. The summed E-state index contributed by atoms with van der Waals surface area (Å²) in [6.45, 7) is 1.22. The van der Waals surface area contributed by atoms with E-state index in [1.54, 1.807) is 30.3 Å². The highest BCUT2D eigenvalue weighted by atomic mass is 16.5. The number of aromatic nitrogens is 2. The Labute approximate surface area is 126 Å². The highest BCUT2D eigenvalue weighted by molar-refractivity contribution is 5.29. The quantitative estimate of drug-likeness (QED) is 0.646. The summed E-state index contributed by atoms with van der Waals surface area (Å²) in [5.41, 5.74) is -0.236. The number of nitrogens with zero attached hydrogens (tertiary/aromatic N) is 1. The van der Waals surface area contributed by atoms with Gasteiger partial charge in [0, 0.05) is 5.56 Å². The van der Waals surface area contributed by atoms with Crippen LogP contribution in [0.4, 0.5) is 0 Å². The Bertz CT molecular complexity index is 736. The molecular weight excluding hydrogens is 288 g/mol. The number of hydrogen-bond acceptors (Lipinski definition) is 5. The van der Waals surface area contributed by atoms with Crippen molar-refractivity contribution in [1.82, 2.24) is 9.55 Å². The highest BCUT2D eigenvalue weighted by Gasteiger charge is 2.20. The van der Waals surface area contributed by atoms with E-state index < -0.39 is 17.4 Å². The van der Waals surface area contributed by atoms with E-state index in [0.717, 1.165) is 4.57 Å². The molecule has 0 aliphatic carbocycles. The minimum atomic E-state index is -1.13. The van der Waals surface area contributed by atoms with Crippen LogP contribution in [0.5, 0.6) is 0 Å². The molecule has 1 atom stereocenters. The number of benzene rings is 1. The molecule has 0 fully saturated rings. The van der Waals surface area contributed by atoms with E-state index in [1.165, 1.54) is 6.92 Å². The molecule has 2 rings (SSSR count). The largest absolute Gasteiger partial charge is 0.394 e. The van der Waals surface area contributed by atoms with E-state index in [9.17, 15) is 14.7 Å². The summed E-state index contributed by atoms with van der Waals surface area (Å²) in [5, 5.41) is 19.3. The van der Waals surface area contributed by atoms with E-state index in [-0.39, 0.29) is 31.2 Å². The Balaban J connectivity index is 2.52. The lowest BCUT2D eigenvalue weighted by Crippen LogP contribution is -2.36. The maximum Gasteiger partial charge on any atom is 0.330 e. The maximum atomic E-state index is 12.0. The minimum absolute atomic E-state index is 0.0471. The third-order valence-corrected chi connectivity index (χ3v) is 3.31. The standard InChI is InChI=1S/C15H18N2O5/c1-10-12(13(19)11-5-3-2-4-6-11)17(9-22-8-7-18)15(21)16-14(10)20/h2-6,13,18-19H,7-9H2,1H3,(H,16,20,21). The molecule has 0 aliphatic heterocycles. The molecule has 0 amide bonds. The van der Waals surface area contributed by atoms with Gasteiger partial charge in [-0.1, -0.05) is 30.3 Å². The molecule has 1 heterocycles. The molecule has 7 heteroatoms. The molecule has 1 aromatic heterocycles. The van der Waals surface area contributed by atoms with Crippen molar-refractivity contribution in [3.63, 3.8) is 0 Å². The number of aliphatic hydroxyl groups is 2. The Morgan fingerprint density at radius 3 is 2.59 bits per heavy atom. The molecule has 1 aromatic carbocycles. The van der Waals surface area contributed by atoms with Gasteiger partial charge in [0.05, 0.1) is 18.9 Å². The Hall–Kier alpha value is -2.22. The zero-order valence-corrected chi connectivity index (χ0v) is 12.2. The van der Waals surface area contributed by atoms with Gasteiger partial charge in [-0.25, -0.2) is 4.79 Å². The molecule has 0 bridgehead atoms. The predicted molar refractivity (Wildman–Crippen MR) is 79.6 cm³/mol. The molecule has 1 unspecified atom stereocenters. The molecule has 0 radical (unpaired) electrons. The first-order chi connectivity index (χ1) is 10.6. The zero-order chi connectivity index (χ0) is 16.1. The lowest BCUT2D eigenvalue weighted by molar-refractivity contribution is 0.0404. The summed E-state index contributed by atoms with van der Waals surface area (Å²) < 4.78 is 6.31. The van der Waals surface area contributed by atoms with Gasteiger partial charge in [-0.15, -0.1) is 0 Å². The fraction of sp³-hybridized carbons (Fsp3) is 0.333. The number of nitrogens with one attached hydrogen (secondary N) is 1. The van der Waals surface area contributed by atoms with Crippen LogP contribution >= 0.6 is 0 Å². The van der Waals surface area contributed by atoms with Gasteiger partial charge >= 0.3 is 5.69 Å². The first kappa shape index (κ1) is 16.2. The van der Waals surface area contributed by atoms with Gasteiger partial charge in [0.15, 0.2) is 0 Å². The molecule has 22 heavy (non-hydrogen) atoms. The van der Waals surface area contributed by atoms with Crippen LogP contribution in [0.25, 0.3) is 0 Å². The van der Waals surface area contributed by atoms with Crippen LogP contribution in [0.1, 0.15) is 22.9 Å². The second kappa shape index (κ2) is 7.17. The van der Waals surface area contributed by atoms with Crippen molar-refractivity contribution in [1.29, 1.82) is 0 Å². The van der Waals surface area contributed by atoms with Crippen molar-refractivity contribution in [3.8, 4) is 0 Å².